The summed E-state index contributed by atoms with van der Waals surface area (Å²) in [7, 11) is 1.39. The van der Waals surface area contributed by atoms with Crippen molar-refractivity contribution in [3.63, 3.8) is 0 Å². The van der Waals surface area contributed by atoms with E-state index in [-0.39, 0.29) is 33.2 Å². The lowest BCUT2D eigenvalue weighted by Crippen LogP contribution is -2.32. The Labute approximate surface area is 189 Å². The lowest BCUT2D eigenvalue weighted by molar-refractivity contribution is -0.140. The fourth-order valence-electron chi connectivity index (χ4n) is 4.62. The Morgan fingerprint density at radius 1 is 1.38 bits per heavy atom. The molecule has 1 aliphatic carbocycles. The first-order valence-electron chi connectivity index (χ1n) is 11.1. The van der Waals surface area contributed by atoms with Crippen LogP contribution in [-0.4, -0.2) is 46.6 Å². The van der Waals surface area contributed by atoms with Gasteiger partial charge in [-0.3, -0.25) is 4.79 Å². The van der Waals surface area contributed by atoms with Crippen LogP contribution in [0.25, 0.3) is 0 Å². The number of methoxy groups -OCH3 is 1. The molecule has 2 aliphatic rings. The third-order valence-electron chi connectivity index (χ3n) is 6.68. The molecule has 0 aromatic heterocycles. The van der Waals surface area contributed by atoms with Gasteiger partial charge < -0.3 is 14.6 Å². The maximum absolute atomic E-state index is 15.3. The molecule has 3 unspecified atom stereocenters. The van der Waals surface area contributed by atoms with Crippen molar-refractivity contribution in [2.75, 3.05) is 7.11 Å². The molecule has 0 amide bonds. The number of fused-ring (bicyclic) bond motifs is 1. The highest BCUT2D eigenvalue weighted by Gasteiger charge is 2.52. The van der Waals surface area contributed by atoms with Crippen molar-refractivity contribution in [1.29, 1.82) is 0 Å². The van der Waals surface area contributed by atoms with Gasteiger partial charge in [0.25, 0.3) is 0 Å². The summed E-state index contributed by atoms with van der Waals surface area (Å²) < 4.78 is 26.1. The fourth-order valence-corrected chi connectivity index (χ4v) is 5.63. The number of hydrogen-bond acceptors (Lipinski definition) is 4. The van der Waals surface area contributed by atoms with Gasteiger partial charge in [0.1, 0.15) is 12.3 Å². The second-order valence-electron chi connectivity index (χ2n) is 9.31. The lowest BCUT2D eigenvalue weighted by atomic mass is 9.80. The van der Waals surface area contributed by atoms with Gasteiger partial charge in [-0.05, 0) is 43.4 Å². The number of carbonyl (C=O) groups is 1. The highest BCUT2D eigenvalue weighted by Crippen LogP contribution is 2.47. The number of unbranched alkanes of at least 4 members (excludes halogenated alkanes) is 1. The minimum atomic E-state index is -0.998. The number of aliphatic hydroxyl groups excluding tert-OH is 1. The van der Waals surface area contributed by atoms with Crippen LogP contribution in [0.5, 0.6) is 0 Å². The highest BCUT2D eigenvalue weighted by molar-refractivity contribution is 14.1. The van der Waals surface area contributed by atoms with Gasteiger partial charge in [0.15, 0.2) is 0 Å². The van der Waals surface area contributed by atoms with Crippen molar-refractivity contribution in [1.82, 2.24) is 0 Å². The molecule has 0 spiro atoms. The molecule has 29 heavy (non-hydrogen) atoms. The molecule has 0 aromatic rings. The monoisotopic (exact) mass is 524 g/mol. The predicted molar refractivity (Wildman–Crippen MR) is 122 cm³/mol. The zero-order chi connectivity index (χ0) is 21.6. The van der Waals surface area contributed by atoms with E-state index >= 15 is 4.39 Å². The summed E-state index contributed by atoms with van der Waals surface area (Å²) in [5.41, 5.74) is -0.165. The van der Waals surface area contributed by atoms with E-state index in [4.69, 9.17) is 4.74 Å². The quantitative estimate of drug-likeness (QED) is 0.170. The summed E-state index contributed by atoms with van der Waals surface area (Å²) in [6, 6.07) is 0. The molecule has 4 nitrogen and oxygen atoms in total. The molecule has 1 N–H and O–H groups in total. The molecule has 6 heteroatoms. The van der Waals surface area contributed by atoms with E-state index in [0.29, 0.717) is 12.8 Å². The Kier molecular flexibility index (Phi) is 9.87. The van der Waals surface area contributed by atoms with Gasteiger partial charge in [0.2, 0.25) is 0 Å². The summed E-state index contributed by atoms with van der Waals surface area (Å²) in [5, 5.41) is 10.6. The van der Waals surface area contributed by atoms with Crippen LogP contribution in [0.3, 0.4) is 0 Å². The summed E-state index contributed by atoms with van der Waals surface area (Å²) in [6.45, 7) is 6.35. The zero-order valence-corrected chi connectivity index (χ0v) is 20.4. The highest BCUT2D eigenvalue weighted by atomic mass is 127. The second-order valence-corrected chi connectivity index (χ2v) is 10.9. The number of rotatable bonds is 11. The molecular formula is C23H38FIO4. The molecule has 2 rings (SSSR count). The Morgan fingerprint density at radius 3 is 2.76 bits per heavy atom. The standard InChI is InChI=1S/C23H38FIO4/c1-5-6-14-23(2,3)18(26)13-11-15-10-12-17-20(15)21(24)22(29-17)16(25)8-7-9-19(27)28-4/h11,13,15-18,20-22,26H,5-10,12,14H2,1-4H3/b13-11+/t15-,16?,17+,18-,20-,21?,22?/m1/s1. The largest absolute Gasteiger partial charge is 0.469 e. The van der Waals surface area contributed by atoms with Crippen LogP contribution < -0.4 is 0 Å². The van der Waals surface area contributed by atoms with Crippen molar-refractivity contribution >= 4 is 28.6 Å². The Morgan fingerprint density at radius 2 is 2.10 bits per heavy atom. The summed E-state index contributed by atoms with van der Waals surface area (Å²) in [6.07, 6.45) is 8.74. The first kappa shape index (κ1) is 25.1. The van der Waals surface area contributed by atoms with Gasteiger partial charge >= 0.3 is 5.97 Å². The van der Waals surface area contributed by atoms with Crippen LogP contribution in [-0.2, 0) is 14.3 Å². The van der Waals surface area contributed by atoms with Crippen molar-refractivity contribution in [3.05, 3.63) is 12.2 Å². The van der Waals surface area contributed by atoms with Gasteiger partial charge in [-0.15, -0.1) is 0 Å². The van der Waals surface area contributed by atoms with Crippen LogP contribution in [0, 0.1) is 17.3 Å². The summed E-state index contributed by atoms with van der Waals surface area (Å²) >= 11 is 2.27. The molecule has 168 valence electrons. The third-order valence-corrected chi connectivity index (χ3v) is 8.01. The number of halogens is 2. The van der Waals surface area contributed by atoms with Crippen LogP contribution in [0.4, 0.5) is 4.39 Å². The van der Waals surface area contributed by atoms with Gasteiger partial charge in [-0.1, -0.05) is 68.4 Å². The lowest BCUT2D eigenvalue weighted by Gasteiger charge is -2.29. The molecule has 1 aliphatic heterocycles. The Bertz CT molecular complexity index is 553. The van der Waals surface area contributed by atoms with Crippen molar-refractivity contribution in [2.45, 2.75) is 101 Å². The molecule has 0 bridgehead atoms. The molecule has 0 aromatic carbocycles. The van der Waals surface area contributed by atoms with E-state index in [1.807, 2.05) is 12.2 Å². The number of ether oxygens (including phenoxy) is 2. The van der Waals surface area contributed by atoms with Crippen LogP contribution in [0.15, 0.2) is 12.2 Å². The first-order valence-corrected chi connectivity index (χ1v) is 12.3. The van der Waals surface area contributed by atoms with Crippen LogP contribution >= 0.6 is 22.6 Å². The van der Waals surface area contributed by atoms with Crippen molar-refractivity contribution < 1.29 is 23.8 Å². The topological polar surface area (TPSA) is 55.8 Å². The van der Waals surface area contributed by atoms with E-state index < -0.39 is 18.4 Å². The minimum Gasteiger partial charge on any atom is -0.469 e. The SMILES string of the molecule is CCCCC(C)(C)[C@H](O)/C=C/[C@H]1CC[C@@H]2OC(C(I)CCCC(=O)OC)C(F)[C@@H]21. The molecule has 0 radical (unpaired) electrons. The molecule has 1 saturated carbocycles. The summed E-state index contributed by atoms with van der Waals surface area (Å²) in [4.78, 5) is 11.3. The maximum Gasteiger partial charge on any atom is 0.305 e. The van der Waals surface area contributed by atoms with Crippen LogP contribution in [0.2, 0.25) is 0 Å². The zero-order valence-electron chi connectivity index (χ0n) is 18.3. The van der Waals surface area contributed by atoms with Gasteiger partial charge in [0.05, 0.1) is 19.3 Å². The average Bonchev–Trinajstić information content (AvgIpc) is 3.24. The third kappa shape index (κ3) is 6.63. The smallest absolute Gasteiger partial charge is 0.305 e. The number of hydrogen-bond donors (Lipinski definition) is 1. The number of esters is 1. The van der Waals surface area contributed by atoms with E-state index in [2.05, 4.69) is 48.1 Å². The molecular weight excluding hydrogens is 486 g/mol. The average molecular weight is 524 g/mol. The maximum atomic E-state index is 15.3. The Hall–Kier alpha value is -0.210. The number of aliphatic hydroxyl groups is 1. The number of alkyl halides is 2. The van der Waals surface area contributed by atoms with Crippen molar-refractivity contribution in [2.24, 2.45) is 17.3 Å². The van der Waals surface area contributed by atoms with Gasteiger partial charge in [-0.2, -0.15) is 0 Å². The van der Waals surface area contributed by atoms with Gasteiger partial charge in [-0.25, -0.2) is 4.39 Å². The minimum absolute atomic E-state index is 0.0345. The normalized spacial score (nSPS) is 31.8. The summed E-state index contributed by atoms with van der Waals surface area (Å²) in [5.74, 6) is -0.226. The number of allylic oxidation sites excluding steroid dienone is 1. The van der Waals surface area contributed by atoms with Crippen molar-refractivity contribution in [3.8, 4) is 0 Å². The Balaban J connectivity index is 1.91. The predicted octanol–water partition coefficient (Wildman–Crippen LogP) is 5.40. The molecule has 1 heterocycles. The van der Waals surface area contributed by atoms with E-state index in [9.17, 15) is 9.90 Å². The number of carbonyl (C=O) groups excluding carboxylic acids is 1. The van der Waals surface area contributed by atoms with Crippen LogP contribution in [0.1, 0.15) is 72.1 Å². The van der Waals surface area contributed by atoms with E-state index in [0.717, 1.165) is 38.5 Å². The molecule has 2 fully saturated rings. The van der Waals surface area contributed by atoms with Gasteiger partial charge in [0, 0.05) is 16.3 Å². The molecule has 7 atom stereocenters. The first-order chi connectivity index (χ1) is 13.7. The fraction of sp³-hybridized carbons (Fsp3) is 0.870. The van der Waals surface area contributed by atoms with E-state index in [1.165, 1.54) is 7.11 Å². The molecule has 1 saturated heterocycles. The van der Waals surface area contributed by atoms with E-state index in [1.54, 1.807) is 0 Å². The second kappa shape index (κ2) is 11.4.